The number of nitrogens with one attached hydrogen (secondary N) is 1. The smallest absolute Gasteiger partial charge is 0.181 e. The fourth-order valence-electron chi connectivity index (χ4n) is 1.81. The predicted octanol–water partition coefficient (Wildman–Crippen LogP) is 3.11. The number of Topliss-reactive ketones (excluding diaryl/α,β-unsaturated/α-hetero) is 1. The largest absolute Gasteiger partial charge is 0.320 e. The van der Waals surface area contributed by atoms with Gasteiger partial charge in [0.05, 0.1) is 11.1 Å². The Morgan fingerprint density at radius 2 is 2.11 bits per heavy atom. The molecule has 1 atom stereocenters. The maximum atomic E-state index is 12.4. The fourth-order valence-corrected chi connectivity index (χ4v) is 2.32. The van der Waals surface area contributed by atoms with Crippen LogP contribution in [-0.4, -0.2) is 43.9 Å². The molecule has 0 bridgehead atoms. The van der Waals surface area contributed by atoms with E-state index in [2.05, 4.69) is 5.32 Å². The van der Waals surface area contributed by atoms with Gasteiger partial charge in [-0.3, -0.25) is 9.69 Å². The van der Waals surface area contributed by atoms with Crippen LogP contribution >= 0.6 is 23.2 Å². The van der Waals surface area contributed by atoms with Crippen molar-refractivity contribution >= 4 is 29.0 Å². The molecule has 1 aromatic rings. The third-order valence-electron chi connectivity index (χ3n) is 3.17. The van der Waals surface area contributed by atoms with Gasteiger partial charge in [0.1, 0.15) is 0 Å². The molecule has 19 heavy (non-hydrogen) atoms. The van der Waals surface area contributed by atoms with Crippen molar-refractivity contribution in [2.75, 3.05) is 27.2 Å². The Labute approximate surface area is 124 Å². The van der Waals surface area contributed by atoms with Crippen LogP contribution in [0.3, 0.4) is 0 Å². The number of hydrogen-bond acceptors (Lipinski definition) is 3. The van der Waals surface area contributed by atoms with Gasteiger partial charge < -0.3 is 5.32 Å². The van der Waals surface area contributed by atoms with Gasteiger partial charge in [0.25, 0.3) is 0 Å². The van der Waals surface area contributed by atoms with E-state index in [0.717, 1.165) is 19.5 Å². The Morgan fingerprint density at radius 3 is 2.68 bits per heavy atom. The first-order valence-electron chi connectivity index (χ1n) is 6.31. The summed E-state index contributed by atoms with van der Waals surface area (Å²) in [6.45, 7) is 3.69. The van der Waals surface area contributed by atoms with Crippen LogP contribution in [0.15, 0.2) is 18.2 Å². The van der Waals surface area contributed by atoms with Crippen LogP contribution in [-0.2, 0) is 0 Å². The minimum absolute atomic E-state index is 0.0219. The number of nitrogens with zero attached hydrogens (tertiary/aromatic N) is 1. The lowest BCUT2D eigenvalue weighted by atomic mass is 10.0. The molecule has 0 saturated heterocycles. The summed E-state index contributed by atoms with van der Waals surface area (Å²) in [7, 11) is 3.87. The summed E-state index contributed by atoms with van der Waals surface area (Å²) in [5.74, 6) is 0.0219. The molecule has 0 aliphatic heterocycles. The second kappa shape index (κ2) is 7.85. The fraction of sp³-hybridized carbons (Fsp3) is 0.500. The number of carbonyl (C=O) groups excluding carboxylic acids is 1. The van der Waals surface area contributed by atoms with Crippen LogP contribution < -0.4 is 5.32 Å². The first-order valence-corrected chi connectivity index (χ1v) is 7.07. The van der Waals surface area contributed by atoms with Gasteiger partial charge in [0.2, 0.25) is 0 Å². The second-order valence-electron chi connectivity index (χ2n) is 4.60. The minimum atomic E-state index is -0.199. The number of carbonyl (C=O) groups is 1. The minimum Gasteiger partial charge on any atom is -0.320 e. The molecule has 0 fully saturated rings. The van der Waals surface area contributed by atoms with E-state index >= 15 is 0 Å². The van der Waals surface area contributed by atoms with E-state index < -0.39 is 0 Å². The lowest BCUT2D eigenvalue weighted by Gasteiger charge is -2.23. The van der Waals surface area contributed by atoms with Gasteiger partial charge >= 0.3 is 0 Å². The summed E-state index contributed by atoms with van der Waals surface area (Å²) in [6.07, 6.45) is 0.999. The zero-order valence-corrected chi connectivity index (χ0v) is 13.1. The highest BCUT2D eigenvalue weighted by Crippen LogP contribution is 2.23. The number of halogens is 2. The molecule has 0 aromatic heterocycles. The Hall–Kier alpha value is -0.610. The maximum Gasteiger partial charge on any atom is 0.181 e. The van der Waals surface area contributed by atoms with E-state index in [1.165, 1.54) is 0 Å². The molecular formula is C14H20Cl2N2O. The zero-order chi connectivity index (χ0) is 14.4. The van der Waals surface area contributed by atoms with Crippen LogP contribution in [0.4, 0.5) is 0 Å². The molecule has 0 spiro atoms. The standard InChI is InChI=1S/C14H20Cl2N2O/c1-10(18(3)8-4-7-17-2)14(19)12-6-5-11(15)9-13(12)16/h5-6,9-10,17H,4,7-8H2,1-3H3. The van der Waals surface area contributed by atoms with E-state index in [1.54, 1.807) is 18.2 Å². The van der Waals surface area contributed by atoms with Crippen molar-refractivity contribution in [3.63, 3.8) is 0 Å². The molecule has 1 unspecified atom stereocenters. The number of rotatable bonds is 7. The molecule has 5 heteroatoms. The normalized spacial score (nSPS) is 12.7. The van der Waals surface area contributed by atoms with Gasteiger partial charge in [-0.1, -0.05) is 23.2 Å². The molecule has 0 aliphatic carbocycles. The van der Waals surface area contributed by atoms with Crippen molar-refractivity contribution in [3.05, 3.63) is 33.8 Å². The summed E-state index contributed by atoms with van der Waals surface area (Å²) in [5.41, 5.74) is 0.527. The van der Waals surface area contributed by atoms with Crippen LogP contribution in [0.1, 0.15) is 23.7 Å². The van der Waals surface area contributed by atoms with Crippen LogP contribution in [0.5, 0.6) is 0 Å². The van der Waals surface area contributed by atoms with Gasteiger partial charge in [-0.2, -0.15) is 0 Å². The van der Waals surface area contributed by atoms with E-state index in [1.807, 2.05) is 25.9 Å². The highest BCUT2D eigenvalue weighted by molar-refractivity contribution is 6.37. The Kier molecular flexibility index (Phi) is 6.80. The average molecular weight is 303 g/mol. The second-order valence-corrected chi connectivity index (χ2v) is 5.45. The third-order valence-corrected chi connectivity index (χ3v) is 3.72. The highest BCUT2D eigenvalue weighted by atomic mass is 35.5. The number of benzene rings is 1. The van der Waals surface area contributed by atoms with E-state index in [0.29, 0.717) is 15.6 Å². The highest BCUT2D eigenvalue weighted by Gasteiger charge is 2.21. The maximum absolute atomic E-state index is 12.4. The molecule has 0 amide bonds. The van der Waals surface area contributed by atoms with Crippen molar-refractivity contribution < 1.29 is 4.79 Å². The topological polar surface area (TPSA) is 32.3 Å². The van der Waals surface area contributed by atoms with Crippen LogP contribution in [0.25, 0.3) is 0 Å². The van der Waals surface area contributed by atoms with Crippen molar-refractivity contribution in [1.29, 1.82) is 0 Å². The molecule has 0 heterocycles. The third kappa shape index (κ3) is 4.77. The van der Waals surface area contributed by atoms with Crippen molar-refractivity contribution in [1.82, 2.24) is 10.2 Å². The van der Waals surface area contributed by atoms with Crippen LogP contribution in [0.2, 0.25) is 10.0 Å². The average Bonchev–Trinajstić information content (AvgIpc) is 2.37. The molecule has 1 N–H and O–H groups in total. The van der Waals surface area contributed by atoms with Crippen molar-refractivity contribution in [3.8, 4) is 0 Å². The van der Waals surface area contributed by atoms with Gasteiger partial charge in [0.15, 0.2) is 5.78 Å². The summed E-state index contributed by atoms with van der Waals surface area (Å²) in [6, 6.07) is 4.78. The van der Waals surface area contributed by atoms with E-state index in [-0.39, 0.29) is 11.8 Å². The molecule has 0 saturated carbocycles. The molecule has 0 aliphatic rings. The first-order chi connectivity index (χ1) is 8.97. The van der Waals surface area contributed by atoms with Gasteiger partial charge in [-0.25, -0.2) is 0 Å². The Morgan fingerprint density at radius 1 is 1.42 bits per heavy atom. The quantitative estimate of drug-likeness (QED) is 0.620. The van der Waals surface area contributed by atoms with Gasteiger partial charge in [-0.15, -0.1) is 0 Å². The summed E-state index contributed by atoms with van der Waals surface area (Å²) in [5, 5.41) is 4.04. The SMILES string of the molecule is CNCCCN(C)C(C)C(=O)c1ccc(Cl)cc1Cl. The number of ketones is 1. The number of likely N-dealkylation sites (N-methyl/N-ethyl adjacent to an activating group) is 1. The van der Waals surface area contributed by atoms with E-state index in [9.17, 15) is 4.79 Å². The molecule has 3 nitrogen and oxygen atoms in total. The van der Waals surface area contributed by atoms with Crippen molar-refractivity contribution in [2.45, 2.75) is 19.4 Å². The molecule has 1 aromatic carbocycles. The lowest BCUT2D eigenvalue weighted by Crippen LogP contribution is -2.37. The zero-order valence-electron chi connectivity index (χ0n) is 11.5. The molecular weight excluding hydrogens is 283 g/mol. The van der Waals surface area contributed by atoms with Gasteiger partial charge in [0, 0.05) is 10.6 Å². The van der Waals surface area contributed by atoms with Crippen LogP contribution in [0, 0.1) is 0 Å². The predicted molar refractivity (Wildman–Crippen MR) is 81.4 cm³/mol. The monoisotopic (exact) mass is 302 g/mol. The summed E-state index contributed by atoms with van der Waals surface area (Å²) >= 11 is 11.9. The summed E-state index contributed by atoms with van der Waals surface area (Å²) < 4.78 is 0. The Balaban J connectivity index is 2.70. The van der Waals surface area contributed by atoms with E-state index in [4.69, 9.17) is 23.2 Å². The summed E-state index contributed by atoms with van der Waals surface area (Å²) in [4.78, 5) is 14.4. The Bertz CT molecular complexity index is 437. The van der Waals surface area contributed by atoms with Gasteiger partial charge in [-0.05, 0) is 58.7 Å². The lowest BCUT2D eigenvalue weighted by molar-refractivity contribution is 0.0868. The number of hydrogen-bond donors (Lipinski definition) is 1. The van der Waals surface area contributed by atoms with Crippen molar-refractivity contribution in [2.24, 2.45) is 0 Å². The first kappa shape index (κ1) is 16.4. The molecule has 1 rings (SSSR count). The molecule has 0 radical (unpaired) electrons. The molecule has 106 valence electrons.